The highest BCUT2D eigenvalue weighted by molar-refractivity contribution is 5.90. The summed E-state index contributed by atoms with van der Waals surface area (Å²) < 4.78 is 9.83. The van der Waals surface area contributed by atoms with Gasteiger partial charge in [0.05, 0.1) is 25.0 Å². The third-order valence-electron chi connectivity index (χ3n) is 2.69. The minimum atomic E-state index is -0.418. The number of esters is 1. The smallest absolute Gasteiger partial charge is 0.337 e. The second-order valence-corrected chi connectivity index (χ2v) is 3.81. The van der Waals surface area contributed by atoms with Crippen LogP contribution in [0.1, 0.15) is 21.6 Å². The third-order valence-corrected chi connectivity index (χ3v) is 2.69. The van der Waals surface area contributed by atoms with Gasteiger partial charge in [0.15, 0.2) is 5.76 Å². The Morgan fingerprint density at radius 2 is 2.28 bits per heavy atom. The van der Waals surface area contributed by atoms with E-state index in [4.69, 9.17) is 4.52 Å². The average molecular weight is 247 g/mol. The number of hydrogen-bond acceptors (Lipinski definition) is 5. The zero-order valence-corrected chi connectivity index (χ0v) is 10.1. The molecule has 0 amide bonds. The zero-order chi connectivity index (χ0) is 13.1. The summed E-state index contributed by atoms with van der Waals surface area (Å²) in [5.74, 6) is 0.0550. The number of benzene rings is 1. The third kappa shape index (κ3) is 2.12. The zero-order valence-electron chi connectivity index (χ0n) is 10.1. The molecule has 5 heteroatoms. The fourth-order valence-electron chi connectivity index (χ4n) is 1.71. The van der Waals surface area contributed by atoms with Crippen LogP contribution in [0.2, 0.25) is 0 Å². The summed E-state index contributed by atoms with van der Waals surface area (Å²) in [5, 5.41) is 13.1. The normalized spacial score (nSPS) is 10.4. The minimum Gasteiger partial charge on any atom is -0.465 e. The van der Waals surface area contributed by atoms with Crippen LogP contribution in [-0.4, -0.2) is 23.3 Å². The topological polar surface area (TPSA) is 72.6 Å². The van der Waals surface area contributed by atoms with E-state index in [0.29, 0.717) is 28.1 Å². The second kappa shape index (κ2) is 5.01. The Bertz CT molecular complexity index is 574. The fourth-order valence-corrected chi connectivity index (χ4v) is 1.71. The molecule has 0 aliphatic carbocycles. The van der Waals surface area contributed by atoms with Crippen LogP contribution in [-0.2, 0) is 11.3 Å². The molecule has 0 atom stereocenters. The lowest BCUT2D eigenvalue weighted by Gasteiger charge is -2.02. The van der Waals surface area contributed by atoms with Crippen LogP contribution in [0.4, 0.5) is 0 Å². The van der Waals surface area contributed by atoms with Crippen LogP contribution in [0.25, 0.3) is 11.3 Å². The molecule has 5 nitrogen and oxygen atoms in total. The van der Waals surface area contributed by atoms with Crippen molar-refractivity contribution in [3.63, 3.8) is 0 Å². The first-order chi connectivity index (χ1) is 8.67. The van der Waals surface area contributed by atoms with E-state index in [1.165, 1.54) is 7.11 Å². The Morgan fingerprint density at radius 3 is 2.94 bits per heavy atom. The van der Waals surface area contributed by atoms with E-state index in [0.717, 1.165) is 0 Å². The predicted octanol–water partition coefficient (Wildman–Crippen LogP) is 1.93. The Hall–Kier alpha value is -2.14. The van der Waals surface area contributed by atoms with Crippen molar-refractivity contribution >= 4 is 5.97 Å². The average Bonchev–Trinajstić information content (AvgIpc) is 2.79. The van der Waals surface area contributed by atoms with Gasteiger partial charge in [-0.1, -0.05) is 17.3 Å². The van der Waals surface area contributed by atoms with E-state index in [2.05, 4.69) is 9.89 Å². The maximum absolute atomic E-state index is 11.4. The fraction of sp³-hybridized carbons (Fsp3) is 0.231. The summed E-state index contributed by atoms with van der Waals surface area (Å²) in [6, 6.07) is 6.80. The molecule has 1 heterocycles. The van der Waals surface area contributed by atoms with Crippen molar-refractivity contribution in [2.75, 3.05) is 7.11 Å². The molecule has 0 saturated carbocycles. The molecule has 1 aromatic carbocycles. The molecule has 2 aromatic rings. The van der Waals surface area contributed by atoms with Crippen LogP contribution in [0.5, 0.6) is 0 Å². The Balaban J connectivity index is 2.48. The first-order valence-electron chi connectivity index (χ1n) is 5.42. The van der Waals surface area contributed by atoms with Gasteiger partial charge in [0.25, 0.3) is 0 Å². The summed E-state index contributed by atoms with van der Waals surface area (Å²) in [5.41, 5.74) is 2.36. The van der Waals surface area contributed by atoms with Gasteiger partial charge >= 0.3 is 5.97 Å². The van der Waals surface area contributed by atoms with Crippen LogP contribution < -0.4 is 0 Å². The van der Waals surface area contributed by atoms with E-state index < -0.39 is 5.97 Å². The van der Waals surface area contributed by atoms with Gasteiger partial charge in [0.1, 0.15) is 0 Å². The van der Waals surface area contributed by atoms with Gasteiger partial charge < -0.3 is 14.4 Å². The van der Waals surface area contributed by atoms with Crippen molar-refractivity contribution in [3.8, 4) is 11.3 Å². The molecule has 0 fully saturated rings. The van der Waals surface area contributed by atoms with Crippen molar-refractivity contribution in [3.05, 3.63) is 41.1 Å². The number of ether oxygens (including phenoxy) is 1. The molecule has 0 saturated heterocycles. The Morgan fingerprint density at radius 1 is 1.50 bits per heavy atom. The van der Waals surface area contributed by atoms with Gasteiger partial charge in [0.2, 0.25) is 0 Å². The SMILES string of the molecule is COC(=O)c1cccc(-c2onc(C)c2CO)c1. The predicted molar refractivity (Wildman–Crippen MR) is 63.9 cm³/mol. The molecular formula is C13H13NO4. The van der Waals surface area contributed by atoms with Gasteiger partial charge in [-0.2, -0.15) is 0 Å². The number of aryl methyl sites for hydroxylation is 1. The molecule has 0 aliphatic heterocycles. The van der Waals surface area contributed by atoms with Crippen molar-refractivity contribution in [2.45, 2.75) is 13.5 Å². The molecule has 0 aliphatic rings. The number of methoxy groups -OCH3 is 1. The van der Waals surface area contributed by atoms with Crippen molar-refractivity contribution < 1.29 is 19.2 Å². The molecule has 0 unspecified atom stereocenters. The highest BCUT2D eigenvalue weighted by Crippen LogP contribution is 2.26. The molecular weight excluding hydrogens is 234 g/mol. The number of aliphatic hydroxyl groups is 1. The number of aliphatic hydroxyl groups excluding tert-OH is 1. The molecule has 18 heavy (non-hydrogen) atoms. The summed E-state index contributed by atoms with van der Waals surface area (Å²) in [7, 11) is 1.33. The number of hydrogen-bond donors (Lipinski definition) is 1. The summed E-state index contributed by atoms with van der Waals surface area (Å²) in [6.45, 7) is 1.59. The van der Waals surface area contributed by atoms with Gasteiger partial charge in [-0.15, -0.1) is 0 Å². The number of nitrogens with zero attached hydrogens (tertiary/aromatic N) is 1. The standard InChI is InChI=1S/C13H13NO4/c1-8-11(7-15)12(18-14-8)9-4-3-5-10(6-9)13(16)17-2/h3-6,15H,7H2,1-2H3. The number of aromatic nitrogens is 1. The van der Waals surface area contributed by atoms with E-state index >= 15 is 0 Å². The van der Waals surface area contributed by atoms with Crippen LogP contribution in [0.3, 0.4) is 0 Å². The van der Waals surface area contributed by atoms with Crippen molar-refractivity contribution in [1.29, 1.82) is 0 Å². The van der Waals surface area contributed by atoms with Crippen LogP contribution in [0, 0.1) is 6.92 Å². The maximum Gasteiger partial charge on any atom is 0.337 e. The van der Waals surface area contributed by atoms with E-state index in [-0.39, 0.29) is 6.61 Å². The second-order valence-electron chi connectivity index (χ2n) is 3.81. The Kier molecular flexibility index (Phi) is 3.43. The van der Waals surface area contributed by atoms with Gasteiger partial charge in [-0.05, 0) is 19.1 Å². The summed E-state index contributed by atoms with van der Waals surface area (Å²) >= 11 is 0. The first-order valence-corrected chi connectivity index (χ1v) is 5.42. The monoisotopic (exact) mass is 247 g/mol. The van der Waals surface area contributed by atoms with Crippen molar-refractivity contribution in [1.82, 2.24) is 5.16 Å². The molecule has 0 bridgehead atoms. The number of rotatable bonds is 3. The van der Waals surface area contributed by atoms with Crippen LogP contribution in [0.15, 0.2) is 28.8 Å². The lowest BCUT2D eigenvalue weighted by Crippen LogP contribution is -2.00. The van der Waals surface area contributed by atoms with Crippen molar-refractivity contribution in [2.24, 2.45) is 0 Å². The van der Waals surface area contributed by atoms with E-state index in [1.54, 1.807) is 31.2 Å². The molecule has 0 spiro atoms. The largest absolute Gasteiger partial charge is 0.465 e. The molecule has 2 rings (SSSR count). The summed E-state index contributed by atoms with van der Waals surface area (Å²) in [6.07, 6.45) is 0. The van der Waals surface area contributed by atoms with Crippen LogP contribution >= 0.6 is 0 Å². The lowest BCUT2D eigenvalue weighted by atomic mass is 10.0. The van der Waals surface area contributed by atoms with Gasteiger partial charge in [0, 0.05) is 11.1 Å². The van der Waals surface area contributed by atoms with Gasteiger partial charge in [-0.25, -0.2) is 4.79 Å². The minimum absolute atomic E-state index is 0.160. The highest BCUT2D eigenvalue weighted by atomic mass is 16.5. The molecule has 94 valence electrons. The summed E-state index contributed by atoms with van der Waals surface area (Å²) in [4.78, 5) is 11.4. The molecule has 1 N–H and O–H groups in total. The number of carbonyl (C=O) groups is 1. The number of carbonyl (C=O) groups excluding carboxylic acids is 1. The van der Waals surface area contributed by atoms with E-state index in [9.17, 15) is 9.90 Å². The molecule has 1 aromatic heterocycles. The maximum atomic E-state index is 11.4. The lowest BCUT2D eigenvalue weighted by molar-refractivity contribution is 0.0601. The quantitative estimate of drug-likeness (QED) is 0.839. The van der Waals surface area contributed by atoms with E-state index in [1.807, 2.05) is 0 Å². The highest BCUT2D eigenvalue weighted by Gasteiger charge is 2.15. The van der Waals surface area contributed by atoms with Gasteiger partial charge in [-0.3, -0.25) is 0 Å². The molecule has 0 radical (unpaired) electrons. The first kappa shape index (κ1) is 12.3. The Labute approximate surface area is 104 Å².